The molecule has 0 bridgehead atoms. The molecule has 8 nitrogen and oxygen atoms in total. The molecule has 1 heterocycles. The Morgan fingerprint density at radius 1 is 1.09 bits per heavy atom. The van der Waals surface area contributed by atoms with Gasteiger partial charge in [-0.3, -0.25) is 15.0 Å². The fraction of sp³-hybridized carbons (Fsp3) is 0.133. The number of hydrazine groups is 2. The lowest BCUT2D eigenvalue weighted by Crippen LogP contribution is -2.55. The van der Waals surface area contributed by atoms with E-state index in [1.807, 2.05) is 18.4 Å². The van der Waals surface area contributed by atoms with Crippen molar-refractivity contribution in [2.45, 2.75) is 13.8 Å². The van der Waals surface area contributed by atoms with Crippen molar-refractivity contribution in [3.63, 3.8) is 0 Å². The normalized spacial score (nSPS) is 13.4. The molecule has 0 atom stereocenters. The molecule has 1 aliphatic rings. The van der Waals surface area contributed by atoms with Crippen LogP contribution in [0.15, 0.2) is 18.2 Å². The molecule has 3 rings (SSSR count). The average molecular weight is 313 g/mol. The van der Waals surface area contributed by atoms with Gasteiger partial charge in [0, 0.05) is 16.5 Å². The monoisotopic (exact) mass is 313 g/mol. The number of nitrogens with two attached hydrogens (primary N) is 2. The fourth-order valence-electron chi connectivity index (χ4n) is 2.77. The Morgan fingerprint density at radius 2 is 1.70 bits per heavy atom. The number of benzene rings is 2. The maximum absolute atomic E-state index is 12.6. The Bertz CT molecular complexity index is 868. The van der Waals surface area contributed by atoms with E-state index in [4.69, 9.17) is 11.6 Å². The van der Waals surface area contributed by atoms with Gasteiger partial charge in [0.25, 0.3) is 11.8 Å². The molecule has 0 saturated carbocycles. The summed E-state index contributed by atoms with van der Waals surface area (Å²) < 4.78 is 0. The standard InChI is InChI=1S/C15H15N5O3/c1-6-3-8-11-9(4-6)13(21)20(19-15(23)18-17)14(22)10(11)5-7(2)12(8)16/h3-5H,16-17H2,1-2H3,(H2,18,19,23). The quantitative estimate of drug-likeness (QED) is 0.203. The highest BCUT2D eigenvalue weighted by Gasteiger charge is 2.35. The first-order valence-corrected chi connectivity index (χ1v) is 6.84. The smallest absolute Gasteiger partial charge is 0.348 e. The van der Waals surface area contributed by atoms with E-state index < -0.39 is 17.8 Å². The van der Waals surface area contributed by atoms with Crippen LogP contribution in [0.4, 0.5) is 10.5 Å². The van der Waals surface area contributed by atoms with Gasteiger partial charge in [-0.2, -0.15) is 5.01 Å². The summed E-state index contributed by atoms with van der Waals surface area (Å²) in [6.45, 7) is 3.60. The van der Waals surface area contributed by atoms with Gasteiger partial charge >= 0.3 is 6.03 Å². The second-order valence-electron chi connectivity index (χ2n) is 5.42. The second kappa shape index (κ2) is 4.96. The van der Waals surface area contributed by atoms with Crippen LogP contribution in [0.25, 0.3) is 10.8 Å². The molecule has 118 valence electrons. The van der Waals surface area contributed by atoms with E-state index in [0.29, 0.717) is 32.6 Å². The fourth-order valence-corrected chi connectivity index (χ4v) is 2.77. The third kappa shape index (κ3) is 2.08. The first-order chi connectivity index (χ1) is 10.8. The van der Waals surface area contributed by atoms with Crippen molar-refractivity contribution in [2.24, 2.45) is 5.84 Å². The molecule has 1 aliphatic heterocycles. The Morgan fingerprint density at radius 3 is 2.30 bits per heavy atom. The van der Waals surface area contributed by atoms with Crippen LogP contribution in [-0.2, 0) is 0 Å². The number of carbonyl (C=O) groups is 3. The van der Waals surface area contributed by atoms with Gasteiger partial charge in [0.05, 0.1) is 11.1 Å². The zero-order valence-electron chi connectivity index (χ0n) is 12.6. The van der Waals surface area contributed by atoms with Crippen LogP contribution in [0, 0.1) is 13.8 Å². The predicted octanol–water partition coefficient (Wildman–Crippen LogP) is 0.723. The highest BCUT2D eigenvalue weighted by molar-refractivity contribution is 6.27. The number of anilines is 1. The summed E-state index contributed by atoms with van der Waals surface area (Å²) in [5.74, 6) is 3.72. The summed E-state index contributed by atoms with van der Waals surface area (Å²) in [4.78, 5) is 36.6. The maximum Gasteiger partial charge on any atom is 0.348 e. The van der Waals surface area contributed by atoms with E-state index in [-0.39, 0.29) is 0 Å². The third-order valence-electron chi connectivity index (χ3n) is 3.84. The molecule has 6 N–H and O–H groups in total. The van der Waals surface area contributed by atoms with E-state index in [1.165, 1.54) is 0 Å². The van der Waals surface area contributed by atoms with Gasteiger partial charge in [-0.15, -0.1) is 0 Å². The number of carbonyl (C=O) groups excluding carboxylic acids is 3. The van der Waals surface area contributed by atoms with Gasteiger partial charge in [0.2, 0.25) is 0 Å². The number of urea groups is 1. The third-order valence-corrected chi connectivity index (χ3v) is 3.84. The second-order valence-corrected chi connectivity index (χ2v) is 5.42. The van der Waals surface area contributed by atoms with E-state index in [0.717, 1.165) is 11.1 Å². The summed E-state index contributed by atoms with van der Waals surface area (Å²) in [5, 5.41) is 1.80. The Balaban J connectivity index is 2.31. The molecule has 0 unspecified atom stereocenters. The van der Waals surface area contributed by atoms with Gasteiger partial charge in [0.15, 0.2) is 0 Å². The lowest BCUT2D eigenvalue weighted by molar-refractivity contribution is 0.0542. The van der Waals surface area contributed by atoms with Crippen LogP contribution in [0.3, 0.4) is 0 Å². The van der Waals surface area contributed by atoms with Gasteiger partial charge in [0.1, 0.15) is 0 Å². The summed E-state index contributed by atoms with van der Waals surface area (Å²) in [6.07, 6.45) is 0. The SMILES string of the molecule is Cc1cc2c3c(cc(C)c(N)c3c1)C(=O)N(NC(=O)NN)C2=O. The lowest BCUT2D eigenvalue weighted by atomic mass is 9.90. The lowest BCUT2D eigenvalue weighted by Gasteiger charge is -2.28. The summed E-state index contributed by atoms with van der Waals surface area (Å²) in [5.41, 5.74) is 12.7. The van der Waals surface area contributed by atoms with Crippen molar-refractivity contribution in [2.75, 3.05) is 5.73 Å². The summed E-state index contributed by atoms with van der Waals surface area (Å²) >= 11 is 0. The Kier molecular flexibility index (Phi) is 3.19. The van der Waals surface area contributed by atoms with Crippen molar-refractivity contribution >= 4 is 34.3 Å². The zero-order chi connectivity index (χ0) is 16.9. The van der Waals surface area contributed by atoms with Gasteiger partial charge < -0.3 is 5.73 Å². The maximum atomic E-state index is 12.6. The number of imide groups is 1. The minimum absolute atomic E-state index is 0.304. The van der Waals surface area contributed by atoms with Crippen LogP contribution in [0.5, 0.6) is 0 Å². The van der Waals surface area contributed by atoms with E-state index in [9.17, 15) is 14.4 Å². The van der Waals surface area contributed by atoms with Crippen LogP contribution in [0.2, 0.25) is 0 Å². The number of rotatable bonds is 1. The highest BCUT2D eigenvalue weighted by atomic mass is 16.2. The van der Waals surface area contributed by atoms with Crippen LogP contribution in [0.1, 0.15) is 31.8 Å². The summed E-state index contributed by atoms with van der Waals surface area (Å²) in [7, 11) is 0. The number of nitrogens with one attached hydrogen (secondary N) is 2. The van der Waals surface area contributed by atoms with Crippen molar-refractivity contribution < 1.29 is 14.4 Å². The van der Waals surface area contributed by atoms with Crippen LogP contribution in [-0.4, -0.2) is 22.9 Å². The molecule has 4 amide bonds. The largest absolute Gasteiger partial charge is 0.398 e. The van der Waals surface area contributed by atoms with E-state index >= 15 is 0 Å². The van der Waals surface area contributed by atoms with Crippen molar-refractivity contribution in [3.05, 3.63) is 40.5 Å². The predicted molar refractivity (Wildman–Crippen MR) is 84.2 cm³/mol. The summed E-state index contributed by atoms with van der Waals surface area (Å²) in [6, 6.07) is 4.23. The van der Waals surface area contributed by atoms with Gasteiger partial charge in [-0.25, -0.2) is 16.1 Å². The Labute approximate surface area is 131 Å². The molecule has 0 aromatic heterocycles. The molecular weight excluding hydrogens is 298 g/mol. The molecule has 0 saturated heterocycles. The van der Waals surface area contributed by atoms with E-state index in [1.54, 1.807) is 19.1 Å². The molecule has 0 aliphatic carbocycles. The van der Waals surface area contributed by atoms with Crippen molar-refractivity contribution in [1.29, 1.82) is 0 Å². The number of nitrogens with zero attached hydrogens (tertiary/aromatic N) is 1. The number of aryl methyl sites for hydroxylation is 2. The topological polar surface area (TPSA) is 131 Å². The molecule has 8 heteroatoms. The highest BCUT2D eigenvalue weighted by Crippen LogP contribution is 2.35. The molecule has 0 fully saturated rings. The first-order valence-electron chi connectivity index (χ1n) is 6.84. The molecule has 0 radical (unpaired) electrons. The molecule has 2 aromatic rings. The van der Waals surface area contributed by atoms with Crippen molar-refractivity contribution in [1.82, 2.24) is 15.9 Å². The van der Waals surface area contributed by atoms with Gasteiger partial charge in [-0.1, -0.05) is 0 Å². The van der Waals surface area contributed by atoms with Crippen molar-refractivity contribution in [3.8, 4) is 0 Å². The van der Waals surface area contributed by atoms with Gasteiger partial charge in [-0.05, 0) is 43.2 Å². The average Bonchev–Trinajstić information content (AvgIpc) is 2.52. The molecule has 23 heavy (non-hydrogen) atoms. The number of amides is 4. The van der Waals surface area contributed by atoms with Crippen LogP contribution >= 0.6 is 0 Å². The number of nitrogen functional groups attached to an aromatic ring is 1. The number of hydrogen-bond donors (Lipinski definition) is 4. The molecular formula is C15H15N5O3. The molecule has 0 spiro atoms. The van der Waals surface area contributed by atoms with E-state index in [2.05, 4.69) is 5.43 Å². The minimum atomic E-state index is -0.869. The Hall–Kier alpha value is -3.13. The number of hydrogen-bond acceptors (Lipinski definition) is 5. The minimum Gasteiger partial charge on any atom is -0.398 e. The van der Waals surface area contributed by atoms with Crippen LogP contribution < -0.4 is 22.4 Å². The first kappa shape index (κ1) is 14.8. The zero-order valence-corrected chi connectivity index (χ0v) is 12.6. The molecule has 2 aromatic carbocycles.